The predicted molar refractivity (Wildman–Crippen MR) is 69.1 cm³/mol. The first kappa shape index (κ1) is 10.3. The lowest BCUT2D eigenvalue weighted by Crippen LogP contribution is -2.26. The summed E-state index contributed by atoms with van der Waals surface area (Å²) in [5.41, 5.74) is 5.20. The Morgan fingerprint density at radius 3 is 3.06 bits per heavy atom. The molecular formula is C14H16N2O. The van der Waals surface area contributed by atoms with E-state index in [9.17, 15) is 0 Å². The van der Waals surface area contributed by atoms with Crippen LogP contribution < -0.4 is 10.1 Å². The Hall–Kier alpha value is -1.90. The third-order valence-electron chi connectivity index (χ3n) is 3.30. The summed E-state index contributed by atoms with van der Waals surface area (Å²) in [4.78, 5) is 2.18. The molecule has 1 N–H and O–H groups in total. The Morgan fingerprint density at radius 1 is 1.35 bits per heavy atom. The number of nitrogens with one attached hydrogen (secondary N) is 1. The minimum absolute atomic E-state index is 0.923. The Kier molecular flexibility index (Phi) is 2.32. The molecule has 2 aliphatic rings. The topological polar surface area (TPSA) is 24.5 Å². The number of rotatable bonds is 1. The molecule has 0 spiro atoms. The molecule has 0 saturated heterocycles. The molecule has 0 unspecified atom stereocenters. The maximum absolute atomic E-state index is 5.26. The van der Waals surface area contributed by atoms with E-state index >= 15 is 0 Å². The number of fused-ring (bicyclic) bond motifs is 1. The van der Waals surface area contributed by atoms with Gasteiger partial charge in [-0.1, -0.05) is 0 Å². The highest BCUT2D eigenvalue weighted by Crippen LogP contribution is 2.32. The molecule has 0 saturated carbocycles. The van der Waals surface area contributed by atoms with Gasteiger partial charge in [0.15, 0.2) is 0 Å². The van der Waals surface area contributed by atoms with Gasteiger partial charge in [0.05, 0.1) is 13.7 Å². The van der Waals surface area contributed by atoms with Crippen molar-refractivity contribution in [1.29, 1.82) is 0 Å². The summed E-state index contributed by atoms with van der Waals surface area (Å²) in [7, 11) is 3.80. The molecule has 0 radical (unpaired) electrons. The number of hydrogen-bond acceptors (Lipinski definition) is 3. The van der Waals surface area contributed by atoms with E-state index in [1.807, 2.05) is 6.07 Å². The fraction of sp³-hybridized carbons (Fsp3) is 0.286. The molecule has 3 heteroatoms. The molecule has 0 fully saturated rings. The number of allylic oxidation sites excluding steroid dienone is 2. The molecule has 0 bridgehead atoms. The lowest BCUT2D eigenvalue weighted by Gasteiger charge is -2.29. The lowest BCUT2D eigenvalue weighted by atomic mass is 9.95. The van der Waals surface area contributed by atoms with Gasteiger partial charge >= 0.3 is 0 Å². The van der Waals surface area contributed by atoms with E-state index in [2.05, 4.69) is 41.7 Å². The largest absolute Gasteiger partial charge is 0.497 e. The van der Waals surface area contributed by atoms with Gasteiger partial charge < -0.3 is 15.0 Å². The smallest absolute Gasteiger partial charge is 0.119 e. The Balaban J connectivity index is 1.95. The van der Waals surface area contributed by atoms with E-state index in [1.54, 1.807) is 7.11 Å². The summed E-state index contributed by atoms with van der Waals surface area (Å²) in [6, 6.07) is 6.20. The zero-order valence-corrected chi connectivity index (χ0v) is 10.2. The molecule has 0 amide bonds. The summed E-state index contributed by atoms with van der Waals surface area (Å²) in [6.07, 6.45) is 5.30. The number of nitrogens with zero attached hydrogens (tertiary/aromatic N) is 1. The van der Waals surface area contributed by atoms with Crippen LogP contribution in [0.1, 0.15) is 5.56 Å². The van der Waals surface area contributed by atoms with Gasteiger partial charge in [0, 0.05) is 24.9 Å². The molecule has 88 valence electrons. The molecule has 0 atom stereocenters. The minimum Gasteiger partial charge on any atom is -0.497 e. The second kappa shape index (κ2) is 3.84. The summed E-state index contributed by atoms with van der Waals surface area (Å²) >= 11 is 0. The van der Waals surface area contributed by atoms with Crippen molar-refractivity contribution in [2.24, 2.45) is 0 Å². The zero-order valence-electron chi connectivity index (χ0n) is 10.2. The quantitative estimate of drug-likeness (QED) is 0.798. The van der Waals surface area contributed by atoms with Gasteiger partial charge in [-0.25, -0.2) is 0 Å². The molecule has 0 aliphatic carbocycles. The highest BCUT2D eigenvalue weighted by atomic mass is 16.5. The van der Waals surface area contributed by atoms with Gasteiger partial charge in [-0.2, -0.15) is 0 Å². The van der Waals surface area contributed by atoms with Crippen LogP contribution in [0.4, 0.5) is 5.69 Å². The number of likely N-dealkylation sites (N-methyl/N-ethyl adjacent to an activating group) is 1. The van der Waals surface area contributed by atoms with Gasteiger partial charge in [-0.05, 0) is 41.6 Å². The third-order valence-corrected chi connectivity index (χ3v) is 3.30. The fourth-order valence-electron chi connectivity index (χ4n) is 2.34. The standard InChI is InChI=1S/C14H16N2O/c1-16-6-5-10-7-11-8-12(17-2)3-4-13(11)15-14(10)9-16/h3-6,8,15H,7,9H2,1-2H3. The molecule has 1 aromatic carbocycles. The SMILES string of the molecule is COc1ccc2c(c1)CC1=C(CN(C)C=C1)N2. The van der Waals surface area contributed by atoms with Gasteiger partial charge in [0.1, 0.15) is 5.75 Å². The van der Waals surface area contributed by atoms with Crippen LogP contribution in [0.25, 0.3) is 0 Å². The Labute approximate surface area is 101 Å². The van der Waals surface area contributed by atoms with E-state index in [1.165, 1.54) is 22.5 Å². The van der Waals surface area contributed by atoms with Gasteiger partial charge in [-0.3, -0.25) is 0 Å². The van der Waals surface area contributed by atoms with Crippen LogP contribution in [-0.2, 0) is 6.42 Å². The summed E-state index contributed by atoms with van der Waals surface area (Å²) in [5, 5.41) is 3.51. The monoisotopic (exact) mass is 228 g/mol. The maximum atomic E-state index is 5.26. The van der Waals surface area contributed by atoms with Crippen LogP contribution in [-0.4, -0.2) is 25.6 Å². The van der Waals surface area contributed by atoms with Crippen LogP contribution in [0.2, 0.25) is 0 Å². The fourth-order valence-corrected chi connectivity index (χ4v) is 2.34. The Morgan fingerprint density at radius 2 is 2.24 bits per heavy atom. The molecule has 17 heavy (non-hydrogen) atoms. The number of benzene rings is 1. The lowest BCUT2D eigenvalue weighted by molar-refractivity contribution is 0.414. The van der Waals surface area contributed by atoms with Crippen molar-refractivity contribution in [3.05, 3.63) is 47.3 Å². The van der Waals surface area contributed by atoms with Crippen molar-refractivity contribution in [2.45, 2.75) is 6.42 Å². The number of ether oxygens (including phenoxy) is 1. The second-order valence-corrected chi connectivity index (χ2v) is 4.56. The Bertz CT molecular complexity index is 517. The first-order chi connectivity index (χ1) is 8.26. The molecule has 1 aromatic rings. The van der Waals surface area contributed by atoms with Gasteiger partial charge in [0.25, 0.3) is 0 Å². The highest BCUT2D eigenvalue weighted by molar-refractivity contribution is 5.64. The average Bonchev–Trinajstić information content (AvgIpc) is 2.35. The number of hydrogen-bond donors (Lipinski definition) is 1. The summed E-state index contributed by atoms with van der Waals surface area (Å²) in [5.74, 6) is 0.923. The first-order valence-corrected chi connectivity index (χ1v) is 5.80. The van der Waals surface area contributed by atoms with E-state index in [0.717, 1.165) is 18.7 Å². The van der Waals surface area contributed by atoms with Crippen LogP contribution >= 0.6 is 0 Å². The van der Waals surface area contributed by atoms with Crippen LogP contribution in [0.15, 0.2) is 41.7 Å². The van der Waals surface area contributed by atoms with Crippen molar-refractivity contribution in [3.8, 4) is 5.75 Å². The van der Waals surface area contributed by atoms with Crippen molar-refractivity contribution in [2.75, 3.05) is 26.0 Å². The van der Waals surface area contributed by atoms with E-state index in [0.29, 0.717) is 0 Å². The minimum atomic E-state index is 0.923. The summed E-state index contributed by atoms with van der Waals surface area (Å²) < 4.78 is 5.26. The molecule has 3 rings (SSSR count). The maximum Gasteiger partial charge on any atom is 0.119 e. The summed E-state index contributed by atoms with van der Waals surface area (Å²) in [6.45, 7) is 0.956. The van der Waals surface area contributed by atoms with Crippen LogP contribution in [0, 0.1) is 0 Å². The normalized spacial score (nSPS) is 17.4. The molecular weight excluding hydrogens is 212 g/mol. The van der Waals surface area contributed by atoms with Crippen LogP contribution in [0.3, 0.4) is 0 Å². The number of methoxy groups -OCH3 is 1. The zero-order chi connectivity index (χ0) is 11.8. The molecule has 2 aliphatic heterocycles. The van der Waals surface area contributed by atoms with E-state index in [4.69, 9.17) is 4.74 Å². The van der Waals surface area contributed by atoms with Crippen LogP contribution in [0.5, 0.6) is 5.75 Å². The van der Waals surface area contributed by atoms with Crippen molar-refractivity contribution in [3.63, 3.8) is 0 Å². The van der Waals surface area contributed by atoms with E-state index < -0.39 is 0 Å². The average molecular weight is 228 g/mol. The number of anilines is 1. The third kappa shape index (κ3) is 1.78. The highest BCUT2D eigenvalue weighted by Gasteiger charge is 2.19. The van der Waals surface area contributed by atoms with Gasteiger partial charge in [-0.15, -0.1) is 0 Å². The van der Waals surface area contributed by atoms with E-state index in [-0.39, 0.29) is 0 Å². The molecule has 0 aromatic heterocycles. The van der Waals surface area contributed by atoms with Crippen molar-refractivity contribution >= 4 is 5.69 Å². The molecule has 3 nitrogen and oxygen atoms in total. The predicted octanol–water partition coefficient (Wildman–Crippen LogP) is 2.38. The van der Waals surface area contributed by atoms with Gasteiger partial charge in [0.2, 0.25) is 0 Å². The first-order valence-electron chi connectivity index (χ1n) is 5.80. The molecule has 2 heterocycles. The second-order valence-electron chi connectivity index (χ2n) is 4.56. The van der Waals surface area contributed by atoms with Crippen molar-refractivity contribution in [1.82, 2.24) is 4.90 Å². The van der Waals surface area contributed by atoms with Crippen molar-refractivity contribution < 1.29 is 4.74 Å².